The molecule has 1 aliphatic rings. The van der Waals surface area contributed by atoms with Gasteiger partial charge in [-0.25, -0.2) is 4.57 Å². The molecule has 2 atom stereocenters. The van der Waals surface area contributed by atoms with Crippen LogP contribution in [-0.2, 0) is 13.6 Å². The quantitative estimate of drug-likeness (QED) is 0.598. The molecule has 0 fully saturated rings. The predicted octanol–water partition coefficient (Wildman–Crippen LogP) is 1.89. The molecule has 1 rings (SSSR count). The molecule has 5 nitrogen and oxygen atoms in total. The summed E-state index contributed by atoms with van der Waals surface area (Å²) in [5.74, 6) is 0. The first kappa shape index (κ1) is 13.9. The number of nitrogens with zero attached hydrogens (tertiary/aromatic N) is 1. The molecule has 1 N–H and O–H groups in total. The third kappa shape index (κ3) is 4.76. The first-order valence-electron chi connectivity index (χ1n) is 5.52. The van der Waals surface area contributed by atoms with Crippen molar-refractivity contribution >= 4 is 7.82 Å². The zero-order chi connectivity index (χ0) is 12.2. The zero-order valence-corrected chi connectivity index (χ0v) is 11.0. The van der Waals surface area contributed by atoms with Crippen molar-refractivity contribution in [3.8, 4) is 0 Å². The highest BCUT2D eigenvalue weighted by atomic mass is 31.2. The van der Waals surface area contributed by atoms with Crippen molar-refractivity contribution in [1.29, 1.82) is 0 Å². The van der Waals surface area contributed by atoms with Gasteiger partial charge in [-0.1, -0.05) is 6.92 Å². The average Bonchev–Trinajstić information content (AvgIpc) is 2.18. The normalized spacial score (nSPS) is 27.6. The maximum Gasteiger partial charge on any atom is 0.472 e. The van der Waals surface area contributed by atoms with E-state index in [0.717, 1.165) is 17.4 Å². The second-order valence-corrected chi connectivity index (χ2v) is 5.98. The van der Waals surface area contributed by atoms with E-state index in [0.29, 0.717) is 6.42 Å². The minimum Gasteiger partial charge on any atom is -0.302 e. The van der Waals surface area contributed by atoms with Gasteiger partial charge in [0.15, 0.2) is 0 Å². The van der Waals surface area contributed by atoms with Gasteiger partial charge in [0.1, 0.15) is 0 Å². The fraction of sp³-hybridized carbons (Fsp3) is 0.800. The Kier molecular flexibility index (Phi) is 4.71. The molecule has 0 aromatic rings. The summed E-state index contributed by atoms with van der Waals surface area (Å²) >= 11 is 0. The highest BCUT2D eigenvalue weighted by Crippen LogP contribution is 2.45. The maximum atomic E-state index is 11.5. The Morgan fingerprint density at radius 2 is 2.25 bits per heavy atom. The summed E-state index contributed by atoms with van der Waals surface area (Å²) < 4.78 is 22.1. The Labute approximate surface area is 96.9 Å². The molecule has 0 aromatic heterocycles. The van der Waals surface area contributed by atoms with Crippen molar-refractivity contribution in [3.05, 3.63) is 12.3 Å². The Hall–Kier alpha value is -0.190. The van der Waals surface area contributed by atoms with Crippen LogP contribution in [0.15, 0.2) is 12.3 Å². The Balaban J connectivity index is 2.47. The summed E-state index contributed by atoms with van der Waals surface area (Å²) in [6, 6.07) is 0. The van der Waals surface area contributed by atoms with Crippen molar-refractivity contribution in [2.24, 2.45) is 0 Å². The molecule has 0 saturated carbocycles. The van der Waals surface area contributed by atoms with Crippen LogP contribution in [-0.4, -0.2) is 42.7 Å². The summed E-state index contributed by atoms with van der Waals surface area (Å²) in [7, 11) is 0.259. The lowest BCUT2D eigenvalue weighted by atomic mass is 10.2. The van der Waals surface area contributed by atoms with Gasteiger partial charge >= 0.3 is 7.82 Å². The molecule has 16 heavy (non-hydrogen) atoms. The van der Waals surface area contributed by atoms with Gasteiger partial charge in [0.2, 0.25) is 0 Å². The fourth-order valence-electron chi connectivity index (χ4n) is 1.46. The summed E-state index contributed by atoms with van der Waals surface area (Å²) in [5.41, 5.74) is 0. The van der Waals surface area contributed by atoms with Crippen LogP contribution < -0.4 is 0 Å². The van der Waals surface area contributed by atoms with E-state index in [9.17, 15) is 9.46 Å². The topological polar surface area (TPSA) is 55.8 Å². The largest absolute Gasteiger partial charge is 0.472 e. The standard InChI is InChI=1S/C10H20NO4P/c1-4-9-14-16(12,13)15-10-5-7-11(2,3)8-6-10/h5,7,10H,4,6,8-9H2,1-3H3/p+1/t10-/m1/s1. The SMILES string of the molecule is CCCOP(=O)(O)O[C@@H]1C=C[N+](C)(C)CC1. The first-order chi connectivity index (χ1) is 7.35. The highest BCUT2D eigenvalue weighted by Gasteiger charge is 2.29. The van der Waals surface area contributed by atoms with Crippen molar-refractivity contribution in [1.82, 2.24) is 0 Å². The van der Waals surface area contributed by atoms with Crippen LogP contribution in [0.5, 0.6) is 0 Å². The predicted molar refractivity (Wildman–Crippen MR) is 61.7 cm³/mol. The minimum atomic E-state index is -3.88. The molecule has 0 aromatic carbocycles. The van der Waals surface area contributed by atoms with E-state index in [1.54, 1.807) is 0 Å². The van der Waals surface area contributed by atoms with Crippen molar-refractivity contribution in [2.75, 3.05) is 27.2 Å². The molecule has 0 saturated heterocycles. The molecular formula is C10H21NO4P+. The van der Waals surface area contributed by atoms with Crippen LogP contribution in [0, 0.1) is 0 Å². The second-order valence-electron chi connectivity index (χ2n) is 4.58. The fourth-order valence-corrected chi connectivity index (χ4v) is 2.45. The van der Waals surface area contributed by atoms with Crippen molar-refractivity contribution < 1.29 is 23.0 Å². The lowest BCUT2D eigenvalue weighted by molar-refractivity contribution is -0.841. The van der Waals surface area contributed by atoms with Gasteiger partial charge in [-0.05, 0) is 12.5 Å². The molecule has 6 heteroatoms. The molecule has 1 heterocycles. The van der Waals surface area contributed by atoms with E-state index in [-0.39, 0.29) is 12.7 Å². The molecule has 1 unspecified atom stereocenters. The number of phosphoric ester groups is 1. The number of phosphoric acid groups is 1. The van der Waals surface area contributed by atoms with E-state index in [2.05, 4.69) is 14.1 Å². The Morgan fingerprint density at radius 1 is 1.56 bits per heavy atom. The van der Waals surface area contributed by atoms with Crippen LogP contribution in [0.3, 0.4) is 0 Å². The molecule has 0 bridgehead atoms. The van der Waals surface area contributed by atoms with E-state index in [4.69, 9.17) is 9.05 Å². The number of hydrogen-bond acceptors (Lipinski definition) is 3. The van der Waals surface area contributed by atoms with Gasteiger partial charge in [-0.15, -0.1) is 0 Å². The molecule has 1 aliphatic heterocycles. The van der Waals surface area contributed by atoms with Crippen LogP contribution in [0.1, 0.15) is 19.8 Å². The minimum absolute atomic E-state index is 0.242. The van der Waals surface area contributed by atoms with Crippen molar-refractivity contribution in [3.63, 3.8) is 0 Å². The Morgan fingerprint density at radius 3 is 2.75 bits per heavy atom. The molecular weight excluding hydrogens is 229 g/mol. The smallest absolute Gasteiger partial charge is 0.302 e. The molecule has 0 aliphatic carbocycles. The summed E-state index contributed by atoms with van der Waals surface area (Å²) in [6.07, 6.45) is 4.89. The molecule has 0 radical (unpaired) electrons. The monoisotopic (exact) mass is 250 g/mol. The molecule has 94 valence electrons. The third-order valence-corrected chi connectivity index (χ3v) is 3.47. The summed E-state index contributed by atoms with van der Waals surface area (Å²) in [4.78, 5) is 9.40. The zero-order valence-electron chi connectivity index (χ0n) is 10.1. The molecule has 0 amide bonds. The lowest BCUT2D eigenvalue weighted by Gasteiger charge is -2.31. The van der Waals surface area contributed by atoms with Crippen LogP contribution in [0.2, 0.25) is 0 Å². The maximum absolute atomic E-state index is 11.5. The van der Waals surface area contributed by atoms with Gasteiger partial charge in [0.25, 0.3) is 0 Å². The van der Waals surface area contributed by atoms with Crippen molar-refractivity contribution in [2.45, 2.75) is 25.9 Å². The van der Waals surface area contributed by atoms with Gasteiger partial charge in [0, 0.05) is 6.42 Å². The number of rotatable bonds is 5. The molecule has 0 spiro atoms. The third-order valence-electron chi connectivity index (χ3n) is 2.42. The van der Waals surface area contributed by atoms with Gasteiger partial charge < -0.3 is 9.38 Å². The van der Waals surface area contributed by atoms with Gasteiger partial charge in [-0.3, -0.25) is 9.05 Å². The van der Waals surface area contributed by atoms with Crippen LogP contribution >= 0.6 is 7.82 Å². The number of hydrogen-bond donors (Lipinski definition) is 1. The van der Waals surface area contributed by atoms with Gasteiger partial charge in [-0.2, -0.15) is 0 Å². The first-order valence-corrected chi connectivity index (χ1v) is 7.02. The van der Waals surface area contributed by atoms with Crippen LogP contribution in [0.25, 0.3) is 0 Å². The highest BCUT2D eigenvalue weighted by molar-refractivity contribution is 7.47. The lowest BCUT2D eigenvalue weighted by Crippen LogP contribution is -2.39. The average molecular weight is 250 g/mol. The summed E-state index contributed by atoms with van der Waals surface area (Å²) in [6.45, 7) is 3.00. The second kappa shape index (κ2) is 5.43. The van der Waals surface area contributed by atoms with E-state index in [1.807, 2.05) is 19.2 Å². The van der Waals surface area contributed by atoms with E-state index >= 15 is 0 Å². The van der Waals surface area contributed by atoms with E-state index < -0.39 is 7.82 Å². The Bertz CT molecular complexity index is 303. The van der Waals surface area contributed by atoms with Crippen LogP contribution in [0.4, 0.5) is 0 Å². The van der Waals surface area contributed by atoms with Gasteiger partial charge in [0.05, 0.1) is 39.6 Å². The van der Waals surface area contributed by atoms with E-state index in [1.165, 1.54) is 0 Å². The number of quaternary nitrogens is 1. The summed E-state index contributed by atoms with van der Waals surface area (Å²) in [5, 5.41) is 0.